The Balaban J connectivity index is 2.04. The van der Waals surface area contributed by atoms with E-state index in [1.165, 1.54) is 0 Å². The summed E-state index contributed by atoms with van der Waals surface area (Å²) in [4.78, 5) is 13.9. The zero-order chi connectivity index (χ0) is 14.0. The molecule has 6 heteroatoms. The molecule has 0 aromatic carbocycles. The van der Waals surface area contributed by atoms with Gasteiger partial charge in [0.25, 0.3) is 0 Å². The fourth-order valence-electron chi connectivity index (χ4n) is 2.32. The number of carbonyl (C=O) groups excluding carboxylic acids is 1. The van der Waals surface area contributed by atoms with Gasteiger partial charge in [-0.25, -0.2) is 0 Å². The van der Waals surface area contributed by atoms with Crippen LogP contribution in [0.5, 0.6) is 0 Å². The third kappa shape index (κ3) is 2.98. The molecule has 2 N–H and O–H groups in total. The van der Waals surface area contributed by atoms with Gasteiger partial charge in [0.15, 0.2) is 0 Å². The zero-order valence-electron chi connectivity index (χ0n) is 11.3. The van der Waals surface area contributed by atoms with E-state index in [0.29, 0.717) is 17.6 Å². The van der Waals surface area contributed by atoms with Crippen molar-refractivity contribution in [2.45, 2.75) is 13.3 Å². The largest absolute Gasteiger partial charge is 0.339 e. The van der Waals surface area contributed by atoms with Crippen molar-refractivity contribution in [3.63, 3.8) is 0 Å². The second-order valence-electron chi connectivity index (χ2n) is 4.92. The number of rotatable bonds is 3. The summed E-state index contributed by atoms with van der Waals surface area (Å²) >= 11 is 6.11. The van der Waals surface area contributed by atoms with Crippen molar-refractivity contribution in [2.24, 2.45) is 18.7 Å². The minimum absolute atomic E-state index is 0.00951. The van der Waals surface area contributed by atoms with Gasteiger partial charge < -0.3 is 10.6 Å². The average molecular weight is 283 g/mol. The van der Waals surface area contributed by atoms with Crippen LogP contribution in [0.4, 0.5) is 0 Å². The lowest BCUT2D eigenvalue weighted by Crippen LogP contribution is -2.28. The van der Waals surface area contributed by atoms with Crippen LogP contribution in [0.1, 0.15) is 17.7 Å². The number of aromatic nitrogens is 2. The third-order valence-corrected chi connectivity index (χ3v) is 3.97. The molecule has 1 fully saturated rings. The Kier molecular flexibility index (Phi) is 4.27. The summed E-state index contributed by atoms with van der Waals surface area (Å²) < 4.78 is 1.60. The molecule has 0 saturated carbocycles. The number of aryl methyl sites for hydroxylation is 2. The van der Waals surface area contributed by atoms with Crippen molar-refractivity contribution >= 4 is 23.6 Å². The maximum Gasteiger partial charge on any atom is 0.246 e. The summed E-state index contributed by atoms with van der Waals surface area (Å²) in [5, 5.41) is 4.75. The Morgan fingerprint density at radius 3 is 2.89 bits per heavy atom. The molecule has 1 aliphatic heterocycles. The molecule has 1 aliphatic rings. The van der Waals surface area contributed by atoms with Gasteiger partial charge in [0.05, 0.1) is 5.69 Å². The Morgan fingerprint density at radius 2 is 2.37 bits per heavy atom. The first kappa shape index (κ1) is 14.1. The second-order valence-corrected chi connectivity index (χ2v) is 5.28. The average Bonchev–Trinajstić information content (AvgIpc) is 2.94. The van der Waals surface area contributed by atoms with Gasteiger partial charge in [-0.2, -0.15) is 5.10 Å². The Hall–Kier alpha value is -1.33. The maximum atomic E-state index is 12.0. The molecule has 1 saturated heterocycles. The molecule has 1 amide bonds. The number of hydrogen-bond donors (Lipinski definition) is 1. The van der Waals surface area contributed by atoms with Crippen LogP contribution in [0.25, 0.3) is 6.08 Å². The predicted octanol–water partition coefficient (Wildman–Crippen LogP) is 1.20. The molecule has 0 aliphatic carbocycles. The highest BCUT2D eigenvalue weighted by Gasteiger charge is 2.23. The topological polar surface area (TPSA) is 64.2 Å². The third-order valence-electron chi connectivity index (χ3n) is 3.52. The number of amides is 1. The number of halogens is 1. The van der Waals surface area contributed by atoms with Gasteiger partial charge in [0.2, 0.25) is 5.91 Å². The monoisotopic (exact) mass is 282 g/mol. The lowest BCUT2D eigenvalue weighted by molar-refractivity contribution is -0.125. The summed E-state index contributed by atoms with van der Waals surface area (Å²) in [5.74, 6) is 0.441. The maximum absolute atomic E-state index is 12.0. The van der Waals surface area contributed by atoms with E-state index < -0.39 is 0 Å². The number of nitrogens with two attached hydrogens (primary N) is 1. The van der Waals surface area contributed by atoms with Crippen LogP contribution >= 0.6 is 11.6 Å². The molecule has 1 atom stereocenters. The van der Waals surface area contributed by atoms with Crippen molar-refractivity contribution in [2.75, 3.05) is 19.6 Å². The predicted molar refractivity (Wildman–Crippen MR) is 75.7 cm³/mol. The van der Waals surface area contributed by atoms with Crippen molar-refractivity contribution < 1.29 is 4.79 Å². The summed E-state index contributed by atoms with van der Waals surface area (Å²) in [6, 6.07) is 0. The Labute approximate surface area is 118 Å². The van der Waals surface area contributed by atoms with E-state index in [2.05, 4.69) is 5.10 Å². The minimum atomic E-state index is 0.00951. The van der Waals surface area contributed by atoms with E-state index in [1.54, 1.807) is 23.9 Å². The molecule has 1 unspecified atom stereocenters. The smallest absolute Gasteiger partial charge is 0.246 e. The molecule has 1 aromatic rings. The molecule has 0 bridgehead atoms. The minimum Gasteiger partial charge on any atom is -0.339 e. The van der Waals surface area contributed by atoms with Gasteiger partial charge in [0.1, 0.15) is 5.15 Å². The van der Waals surface area contributed by atoms with E-state index >= 15 is 0 Å². The number of likely N-dealkylation sites (tertiary alicyclic amines) is 1. The highest BCUT2D eigenvalue weighted by molar-refractivity contribution is 6.31. The molecular weight excluding hydrogens is 264 g/mol. The molecule has 2 rings (SSSR count). The van der Waals surface area contributed by atoms with Crippen LogP contribution < -0.4 is 5.73 Å². The lowest BCUT2D eigenvalue weighted by Gasteiger charge is -2.13. The molecule has 19 heavy (non-hydrogen) atoms. The van der Waals surface area contributed by atoms with E-state index in [-0.39, 0.29) is 5.91 Å². The van der Waals surface area contributed by atoms with Gasteiger partial charge in [-0.3, -0.25) is 9.48 Å². The lowest BCUT2D eigenvalue weighted by atomic mass is 10.1. The molecule has 2 heterocycles. The van der Waals surface area contributed by atoms with E-state index in [0.717, 1.165) is 30.8 Å². The fraction of sp³-hybridized carbons (Fsp3) is 0.538. The van der Waals surface area contributed by atoms with Gasteiger partial charge in [-0.15, -0.1) is 0 Å². The highest BCUT2D eigenvalue weighted by Crippen LogP contribution is 2.21. The Morgan fingerprint density at radius 1 is 1.63 bits per heavy atom. The standard InChI is InChI=1S/C13H19ClN4O/c1-9-11(13(14)17(2)16-9)3-4-12(19)18-6-5-10(7-15)8-18/h3-4,10H,5-8,15H2,1-2H3. The molecule has 5 nitrogen and oxygen atoms in total. The second kappa shape index (κ2) is 5.75. The molecule has 0 spiro atoms. The fourth-order valence-corrected chi connectivity index (χ4v) is 2.56. The first-order valence-electron chi connectivity index (χ1n) is 6.39. The number of carbonyl (C=O) groups is 1. The van der Waals surface area contributed by atoms with E-state index in [4.69, 9.17) is 17.3 Å². The highest BCUT2D eigenvalue weighted by atomic mass is 35.5. The number of hydrogen-bond acceptors (Lipinski definition) is 3. The van der Waals surface area contributed by atoms with Crippen molar-refractivity contribution in [1.82, 2.24) is 14.7 Å². The summed E-state index contributed by atoms with van der Waals surface area (Å²) in [6.45, 7) is 4.04. The van der Waals surface area contributed by atoms with Crippen molar-refractivity contribution in [3.05, 3.63) is 22.5 Å². The quantitative estimate of drug-likeness (QED) is 0.848. The van der Waals surface area contributed by atoms with Crippen molar-refractivity contribution in [1.29, 1.82) is 0 Å². The van der Waals surface area contributed by atoms with Crippen LogP contribution in [0.2, 0.25) is 5.15 Å². The van der Waals surface area contributed by atoms with Gasteiger partial charge >= 0.3 is 0 Å². The van der Waals surface area contributed by atoms with Gasteiger partial charge in [-0.05, 0) is 31.9 Å². The summed E-state index contributed by atoms with van der Waals surface area (Å²) in [7, 11) is 1.78. The van der Waals surface area contributed by atoms with Crippen LogP contribution in [0, 0.1) is 12.8 Å². The van der Waals surface area contributed by atoms with Gasteiger partial charge in [0, 0.05) is 31.8 Å². The van der Waals surface area contributed by atoms with Crippen LogP contribution in [0.3, 0.4) is 0 Å². The summed E-state index contributed by atoms with van der Waals surface area (Å²) in [5.41, 5.74) is 7.23. The number of nitrogens with zero attached hydrogens (tertiary/aromatic N) is 3. The van der Waals surface area contributed by atoms with Crippen LogP contribution in [0.15, 0.2) is 6.08 Å². The SMILES string of the molecule is Cc1nn(C)c(Cl)c1C=CC(=O)N1CCC(CN)C1. The normalized spacial score (nSPS) is 19.6. The Bertz CT molecular complexity index is 509. The summed E-state index contributed by atoms with van der Waals surface area (Å²) in [6.07, 6.45) is 4.29. The molecule has 1 aromatic heterocycles. The van der Waals surface area contributed by atoms with Gasteiger partial charge in [-0.1, -0.05) is 11.6 Å². The van der Waals surface area contributed by atoms with Crippen molar-refractivity contribution in [3.8, 4) is 0 Å². The molecular formula is C13H19ClN4O. The first-order chi connectivity index (χ1) is 9.02. The zero-order valence-corrected chi connectivity index (χ0v) is 12.0. The van der Waals surface area contributed by atoms with E-state index in [1.807, 2.05) is 11.8 Å². The van der Waals surface area contributed by atoms with E-state index in [9.17, 15) is 4.79 Å². The molecule has 0 radical (unpaired) electrons. The van der Waals surface area contributed by atoms with Crippen LogP contribution in [-0.2, 0) is 11.8 Å². The first-order valence-corrected chi connectivity index (χ1v) is 6.77. The van der Waals surface area contributed by atoms with Crippen LogP contribution in [-0.4, -0.2) is 40.2 Å². The molecule has 104 valence electrons.